The third-order valence-electron chi connectivity index (χ3n) is 3.50. The quantitative estimate of drug-likeness (QED) is 0.723. The van der Waals surface area contributed by atoms with Crippen molar-refractivity contribution in [3.63, 3.8) is 0 Å². The third-order valence-corrected chi connectivity index (χ3v) is 3.87. The van der Waals surface area contributed by atoms with Crippen molar-refractivity contribution in [1.82, 2.24) is 9.97 Å². The topological polar surface area (TPSA) is 29.0 Å². The molecule has 4 heteroatoms. The maximum atomic E-state index is 6.26. The lowest BCUT2D eigenvalue weighted by molar-refractivity contribution is 0.543. The molecule has 0 spiro atoms. The molecule has 3 nitrogen and oxygen atoms in total. The van der Waals surface area contributed by atoms with E-state index < -0.39 is 0 Å². The van der Waals surface area contributed by atoms with Crippen LogP contribution in [0.2, 0.25) is 5.15 Å². The Bertz CT molecular complexity index is 418. The van der Waals surface area contributed by atoms with Gasteiger partial charge in [-0.1, -0.05) is 45.7 Å². The molecular formula is C15H26ClN3. The highest BCUT2D eigenvalue weighted by Crippen LogP contribution is 2.26. The molecule has 0 aliphatic rings. The third kappa shape index (κ3) is 4.07. The smallest absolute Gasteiger partial charge is 0.137 e. The molecule has 1 unspecified atom stereocenters. The lowest BCUT2D eigenvalue weighted by Crippen LogP contribution is -2.30. The predicted molar refractivity (Wildman–Crippen MR) is 83.2 cm³/mol. The van der Waals surface area contributed by atoms with E-state index in [9.17, 15) is 0 Å². The zero-order chi connectivity index (χ0) is 14.6. The molecule has 0 saturated carbocycles. The molecule has 1 rings (SSSR count). The normalized spacial score (nSPS) is 12.8. The fourth-order valence-electron chi connectivity index (χ4n) is 1.93. The van der Waals surface area contributed by atoms with E-state index in [1.807, 2.05) is 6.92 Å². The van der Waals surface area contributed by atoms with Gasteiger partial charge in [0.25, 0.3) is 0 Å². The van der Waals surface area contributed by atoms with E-state index >= 15 is 0 Å². The second-order valence-corrected chi connectivity index (χ2v) is 5.89. The van der Waals surface area contributed by atoms with Crippen LogP contribution in [0.5, 0.6) is 0 Å². The first-order chi connectivity index (χ1) is 8.90. The highest BCUT2D eigenvalue weighted by Gasteiger charge is 2.17. The number of anilines is 1. The summed E-state index contributed by atoms with van der Waals surface area (Å²) in [4.78, 5) is 11.4. The molecule has 108 valence electrons. The lowest BCUT2D eigenvalue weighted by atomic mass is 10.1. The van der Waals surface area contributed by atoms with Gasteiger partial charge >= 0.3 is 0 Å². The van der Waals surface area contributed by atoms with Crippen molar-refractivity contribution >= 4 is 17.4 Å². The van der Waals surface area contributed by atoms with Crippen LogP contribution in [0, 0.1) is 12.8 Å². The first-order valence-corrected chi connectivity index (χ1v) is 7.57. The van der Waals surface area contributed by atoms with Crippen molar-refractivity contribution in [1.29, 1.82) is 0 Å². The average Bonchev–Trinajstić information content (AvgIpc) is 2.38. The van der Waals surface area contributed by atoms with E-state index in [0.717, 1.165) is 30.3 Å². The summed E-state index contributed by atoms with van der Waals surface area (Å²) in [6.45, 7) is 14.8. The number of halogens is 1. The van der Waals surface area contributed by atoms with Gasteiger partial charge in [-0.3, -0.25) is 0 Å². The van der Waals surface area contributed by atoms with Crippen LogP contribution in [-0.4, -0.2) is 23.1 Å². The summed E-state index contributed by atoms with van der Waals surface area (Å²) in [6, 6.07) is 0. The van der Waals surface area contributed by atoms with Gasteiger partial charge in [-0.05, 0) is 19.8 Å². The predicted octanol–water partition coefficient (Wildman–Crippen LogP) is 4.43. The Balaban J connectivity index is 3.14. The minimum Gasteiger partial charge on any atom is -0.356 e. The Morgan fingerprint density at radius 1 is 1.16 bits per heavy atom. The van der Waals surface area contributed by atoms with Crippen LogP contribution in [-0.2, 0) is 0 Å². The zero-order valence-corrected chi connectivity index (χ0v) is 13.8. The fourth-order valence-corrected chi connectivity index (χ4v) is 2.10. The summed E-state index contributed by atoms with van der Waals surface area (Å²) < 4.78 is 0. The maximum Gasteiger partial charge on any atom is 0.137 e. The van der Waals surface area contributed by atoms with Crippen LogP contribution in [0.1, 0.15) is 58.3 Å². The highest BCUT2D eigenvalue weighted by atomic mass is 35.5. The van der Waals surface area contributed by atoms with Crippen molar-refractivity contribution in [2.45, 2.75) is 53.9 Å². The summed E-state index contributed by atoms with van der Waals surface area (Å²) >= 11 is 6.26. The van der Waals surface area contributed by atoms with Crippen molar-refractivity contribution in [2.24, 2.45) is 5.92 Å². The molecule has 1 aromatic rings. The van der Waals surface area contributed by atoms with Crippen molar-refractivity contribution in [2.75, 3.05) is 18.0 Å². The van der Waals surface area contributed by atoms with E-state index in [4.69, 9.17) is 16.6 Å². The Kier molecular flexibility index (Phi) is 6.05. The van der Waals surface area contributed by atoms with Gasteiger partial charge in [0, 0.05) is 24.6 Å². The molecule has 1 aromatic heterocycles. The number of hydrogen-bond donors (Lipinski definition) is 0. The molecule has 1 heterocycles. The van der Waals surface area contributed by atoms with E-state index in [-0.39, 0.29) is 0 Å². The van der Waals surface area contributed by atoms with Crippen LogP contribution < -0.4 is 4.90 Å². The summed E-state index contributed by atoms with van der Waals surface area (Å²) in [5.41, 5.74) is 0.983. The summed E-state index contributed by atoms with van der Waals surface area (Å²) in [7, 11) is 0. The molecular weight excluding hydrogens is 258 g/mol. The molecule has 19 heavy (non-hydrogen) atoms. The molecule has 1 atom stereocenters. The Labute approximate surface area is 122 Å². The minimum absolute atomic E-state index is 0.291. The van der Waals surface area contributed by atoms with Crippen molar-refractivity contribution in [3.8, 4) is 0 Å². The zero-order valence-electron chi connectivity index (χ0n) is 13.0. The molecule has 0 saturated heterocycles. The van der Waals surface area contributed by atoms with Crippen LogP contribution in [0.25, 0.3) is 0 Å². The summed E-state index contributed by atoms with van der Waals surface area (Å²) in [6.07, 6.45) is 1.17. The monoisotopic (exact) mass is 283 g/mol. The second-order valence-electron chi connectivity index (χ2n) is 5.53. The Morgan fingerprint density at radius 3 is 2.26 bits per heavy atom. The first-order valence-electron chi connectivity index (χ1n) is 7.19. The van der Waals surface area contributed by atoms with Crippen LogP contribution in [0.3, 0.4) is 0 Å². The Morgan fingerprint density at radius 2 is 1.79 bits per heavy atom. The highest BCUT2D eigenvalue weighted by molar-refractivity contribution is 6.30. The van der Waals surface area contributed by atoms with E-state index in [0.29, 0.717) is 17.0 Å². The van der Waals surface area contributed by atoms with Gasteiger partial charge in [0.2, 0.25) is 0 Å². The molecule has 0 aliphatic heterocycles. The molecule has 0 N–H and O–H groups in total. The molecule has 0 aromatic carbocycles. The average molecular weight is 284 g/mol. The molecule has 0 bridgehead atoms. The van der Waals surface area contributed by atoms with E-state index in [1.165, 1.54) is 6.42 Å². The van der Waals surface area contributed by atoms with Gasteiger partial charge in [-0.25, -0.2) is 9.97 Å². The number of hydrogen-bond acceptors (Lipinski definition) is 3. The largest absolute Gasteiger partial charge is 0.356 e. The van der Waals surface area contributed by atoms with Gasteiger partial charge in [-0.15, -0.1) is 0 Å². The van der Waals surface area contributed by atoms with Gasteiger partial charge in [0.05, 0.1) is 0 Å². The molecule has 0 aliphatic carbocycles. The van der Waals surface area contributed by atoms with Gasteiger partial charge in [0.15, 0.2) is 0 Å². The fraction of sp³-hybridized carbons (Fsp3) is 0.733. The van der Waals surface area contributed by atoms with Crippen LogP contribution in [0.15, 0.2) is 0 Å². The van der Waals surface area contributed by atoms with Crippen molar-refractivity contribution < 1.29 is 0 Å². The van der Waals surface area contributed by atoms with Gasteiger partial charge in [-0.2, -0.15) is 0 Å². The number of nitrogens with zero attached hydrogens (tertiary/aromatic N) is 3. The minimum atomic E-state index is 0.291. The standard InChI is InChI=1S/C15H26ClN3/c1-7-11(5)9-19(8-2)15-12(6)13(16)17-14(18-15)10(3)4/h10-11H,7-9H2,1-6H3. The van der Waals surface area contributed by atoms with Crippen LogP contribution in [0.4, 0.5) is 5.82 Å². The van der Waals surface area contributed by atoms with Gasteiger partial charge < -0.3 is 4.90 Å². The summed E-state index contributed by atoms with van der Waals surface area (Å²) in [5, 5.41) is 0.580. The lowest BCUT2D eigenvalue weighted by Gasteiger charge is -2.27. The van der Waals surface area contributed by atoms with E-state index in [1.54, 1.807) is 0 Å². The molecule has 0 radical (unpaired) electrons. The van der Waals surface area contributed by atoms with E-state index in [2.05, 4.69) is 44.5 Å². The maximum absolute atomic E-state index is 6.26. The number of rotatable bonds is 6. The Hall–Kier alpha value is -0.830. The SMILES string of the molecule is CCC(C)CN(CC)c1nc(C(C)C)nc(Cl)c1C. The molecule has 0 fully saturated rings. The van der Waals surface area contributed by atoms with Gasteiger partial charge in [0.1, 0.15) is 16.8 Å². The first kappa shape index (κ1) is 16.2. The number of aromatic nitrogens is 2. The van der Waals surface area contributed by atoms with Crippen molar-refractivity contribution in [3.05, 3.63) is 16.5 Å². The molecule has 0 amide bonds. The summed E-state index contributed by atoms with van der Waals surface area (Å²) in [5.74, 6) is 2.76. The van der Waals surface area contributed by atoms with Crippen LogP contribution >= 0.6 is 11.6 Å². The second kappa shape index (κ2) is 7.09.